The van der Waals surface area contributed by atoms with Gasteiger partial charge in [-0.1, -0.05) is 18.2 Å². The molecule has 1 N–H and O–H groups in total. The van der Waals surface area contributed by atoms with Crippen molar-refractivity contribution in [3.8, 4) is 5.69 Å². The summed E-state index contributed by atoms with van der Waals surface area (Å²) in [5.74, 6) is -1.09. The predicted molar refractivity (Wildman–Crippen MR) is 79.7 cm³/mol. The smallest absolute Gasteiger partial charge is 0.295 e. The van der Waals surface area contributed by atoms with E-state index in [0.717, 1.165) is 5.69 Å². The lowest BCUT2D eigenvalue weighted by Gasteiger charge is -2.28. The first-order chi connectivity index (χ1) is 10.6. The molecule has 2 heterocycles. The molecule has 6 nitrogen and oxygen atoms in total. The summed E-state index contributed by atoms with van der Waals surface area (Å²) in [5, 5.41) is 13.6. The Balaban J connectivity index is 1.73. The molecule has 0 aliphatic carbocycles. The number of hydrogen-bond acceptors (Lipinski definition) is 4. The minimum Gasteiger partial charge on any atom is -0.393 e. The number of Topliss-reactive ketones (excluding diaryl/α,β-unsaturated/α-hetero) is 1. The van der Waals surface area contributed by atoms with Crippen molar-refractivity contribution < 1.29 is 14.7 Å². The van der Waals surface area contributed by atoms with E-state index in [1.54, 1.807) is 10.9 Å². The minimum atomic E-state index is -0.557. The first-order valence-corrected chi connectivity index (χ1v) is 7.27. The Bertz CT molecular complexity index is 673. The number of carbonyl (C=O) groups is 2. The molecule has 0 bridgehead atoms. The third-order valence-electron chi connectivity index (χ3n) is 3.81. The van der Waals surface area contributed by atoms with E-state index < -0.39 is 11.7 Å². The Morgan fingerprint density at radius 1 is 1.14 bits per heavy atom. The standard InChI is InChI=1S/C16H17N3O3/c20-14-6-8-18(9-7-14)16(22)15(21)12-10-17-19(11-12)13-4-2-1-3-5-13/h1-5,10-11,14,20H,6-9H2. The van der Waals surface area contributed by atoms with Crippen LogP contribution in [-0.4, -0.2) is 50.7 Å². The molecule has 0 unspecified atom stereocenters. The molecule has 1 aliphatic rings. The molecule has 1 saturated heterocycles. The number of piperidine rings is 1. The van der Waals surface area contributed by atoms with Crippen LogP contribution in [0.15, 0.2) is 42.7 Å². The van der Waals surface area contributed by atoms with E-state index in [1.165, 1.54) is 11.1 Å². The van der Waals surface area contributed by atoms with Gasteiger partial charge in [0.15, 0.2) is 0 Å². The lowest BCUT2D eigenvalue weighted by atomic mass is 10.1. The maximum Gasteiger partial charge on any atom is 0.295 e. The average molecular weight is 299 g/mol. The molecule has 2 aromatic rings. The lowest BCUT2D eigenvalue weighted by Crippen LogP contribution is -2.43. The molecule has 0 saturated carbocycles. The Hall–Kier alpha value is -2.47. The van der Waals surface area contributed by atoms with Crippen LogP contribution in [0.1, 0.15) is 23.2 Å². The average Bonchev–Trinajstić information content (AvgIpc) is 3.05. The minimum absolute atomic E-state index is 0.278. The molecule has 0 radical (unpaired) electrons. The second kappa shape index (κ2) is 6.11. The van der Waals surface area contributed by atoms with Crippen LogP contribution in [0, 0.1) is 0 Å². The highest BCUT2D eigenvalue weighted by Gasteiger charge is 2.27. The van der Waals surface area contributed by atoms with Crippen LogP contribution in [0.3, 0.4) is 0 Å². The summed E-state index contributed by atoms with van der Waals surface area (Å²) in [5.41, 5.74) is 1.11. The molecule has 1 amide bonds. The largest absolute Gasteiger partial charge is 0.393 e. The van der Waals surface area contributed by atoms with E-state index in [2.05, 4.69) is 5.10 Å². The highest BCUT2D eigenvalue weighted by molar-refractivity contribution is 6.42. The summed E-state index contributed by atoms with van der Waals surface area (Å²) < 4.78 is 1.57. The van der Waals surface area contributed by atoms with E-state index in [0.29, 0.717) is 25.9 Å². The topological polar surface area (TPSA) is 75.4 Å². The molecule has 114 valence electrons. The van der Waals surface area contributed by atoms with Gasteiger partial charge in [0, 0.05) is 19.3 Å². The fourth-order valence-corrected chi connectivity index (χ4v) is 2.50. The van der Waals surface area contributed by atoms with Crippen molar-refractivity contribution in [2.45, 2.75) is 18.9 Å². The van der Waals surface area contributed by atoms with Crippen LogP contribution in [0.2, 0.25) is 0 Å². The van der Waals surface area contributed by atoms with Crippen molar-refractivity contribution in [3.05, 3.63) is 48.3 Å². The zero-order valence-electron chi connectivity index (χ0n) is 12.1. The van der Waals surface area contributed by atoms with E-state index in [1.807, 2.05) is 30.3 Å². The van der Waals surface area contributed by atoms with E-state index >= 15 is 0 Å². The third kappa shape index (κ3) is 2.92. The van der Waals surface area contributed by atoms with Crippen molar-refractivity contribution >= 4 is 11.7 Å². The van der Waals surface area contributed by atoms with Gasteiger partial charge in [-0.25, -0.2) is 4.68 Å². The Morgan fingerprint density at radius 2 is 1.82 bits per heavy atom. The predicted octanol–water partition coefficient (Wildman–Crippen LogP) is 1.04. The molecule has 1 fully saturated rings. The number of aliphatic hydroxyl groups is 1. The van der Waals surface area contributed by atoms with Gasteiger partial charge in [0.2, 0.25) is 0 Å². The van der Waals surface area contributed by atoms with Crippen molar-refractivity contribution in [2.24, 2.45) is 0 Å². The number of likely N-dealkylation sites (tertiary alicyclic amines) is 1. The second-order valence-electron chi connectivity index (χ2n) is 5.36. The number of aromatic nitrogens is 2. The summed E-state index contributed by atoms with van der Waals surface area (Å²) >= 11 is 0. The highest BCUT2D eigenvalue weighted by Crippen LogP contribution is 2.13. The molecular formula is C16H17N3O3. The van der Waals surface area contributed by atoms with Crippen LogP contribution in [-0.2, 0) is 4.79 Å². The van der Waals surface area contributed by atoms with Crippen molar-refractivity contribution in [2.75, 3.05) is 13.1 Å². The molecule has 0 spiro atoms. The maximum absolute atomic E-state index is 12.3. The first kappa shape index (κ1) is 14.5. The first-order valence-electron chi connectivity index (χ1n) is 7.27. The molecule has 1 aromatic heterocycles. The van der Waals surface area contributed by atoms with Gasteiger partial charge in [0.25, 0.3) is 11.7 Å². The fraction of sp³-hybridized carbons (Fsp3) is 0.312. The zero-order valence-corrected chi connectivity index (χ0v) is 12.1. The second-order valence-corrected chi connectivity index (χ2v) is 5.36. The summed E-state index contributed by atoms with van der Waals surface area (Å²) in [6.45, 7) is 0.830. The molecule has 0 atom stereocenters. The summed E-state index contributed by atoms with van der Waals surface area (Å²) in [4.78, 5) is 26.0. The van der Waals surface area contributed by atoms with Crippen LogP contribution in [0.4, 0.5) is 0 Å². The molecule has 1 aliphatic heterocycles. The van der Waals surface area contributed by atoms with E-state index in [4.69, 9.17) is 0 Å². The monoisotopic (exact) mass is 299 g/mol. The van der Waals surface area contributed by atoms with Gasteiger partial charge in [-0.05, 0) is 25.0 Å². The Kier molecular flexibility index (Phi) is 4.02. The van der Waals surface area contributed by atoms with Gasteiger partial charge in [0.05, 0.1) is 23.6 Å². The van der Waals surface area contributed by atoms with Gasteiger partial charge in [-0.2, -0.15) is 5.10 Å². The van der Waals surface area contributed by atoms with Gasteiger partial charge in [0.1, 0.15) is 0 Å². The van der Waals surface area contributed by atoms with Crippen LogP contribution < -0.4 is 0 Å². The highest BCUT2D eigenvalue weighted by atomic mass is 16.3. The number of rotatable bonds is 3. The maximum atomic E-state index is 12.3. The zero-order chi connectivity index (χ0) is 15.5. The van der Waals surface area contributed by atoms with E-state index in [-0.39, 0.29) is 11.7 Å². The normalized spacial score (nSPS) is 15.8. The van der Waals surface area contributed by atoms with Gasteiger partial charge in [-0.15, -0.1) is 0 Å². The number of carbonyl (C=O) groups excluding carboxylic acids is 2. The third-order valence-corrected chi connectivity index (χ3v) is 3.81. The van der Waals surface area contributed by atoms with Gasteiger partial charge < -0.3 is 10.0 Å². The van der Waals surface area contributed by atoms with Gasteiger partial charge in [-0.3, -0.25) is 9.59 Å². The number of benzene rings is 1. The molecule has 1 aromatic carbocycles. The Morgan fingerprint density at radius 3 is 2.50 bits per heavy atom. The van der Waals surface area contributed by atoms with Gasteiger partial charge >= 0.3 is 0 Å². The van der Waals surface area contributed by atoms with Crippen LogP contribution in [0.25, 0.3) is 5.69 Å². The SMILES string of the molecule is O=C(C(=O)N1CCC(O)CC1)c1cnn(-c2ccccc2)c1. The molecule has 22 heavy (non-hydrogen) atoms. The number of ketones is 1. The summed E-state index contributed by atoms with van der Waals surface area (Å²) in [6, 6.07) is 9.39. The molecule has 3 rings (SSSR count). The van der Waals surface area contributed by atoms with E-state index in [9.17, 15) is 14.7 Å². The van der Waals surface area contributed by atoms with Crippen molar-refractivity contribution in [1.29, 1.82) is 0 Å². The fourth-order valence-electron chi connectivity index (χ4n) is 2.50. The number of hydrogen-bond donors (Lipinski definition) is 1. The summed E-state index contributed by atoms with van der Waals surface area (Å²) in [7, 11) is 0. The summed E-state index contributed by atoms with van der Waals surface area (Å²) in [6.07, 6.45) is 3.63. The quantitative estimate of drug-likeness (QED) is 0.678. The number of amides is 1. The van der Waals surface area contributed by atoms with Crippen molar-refractivity contribution in [1.82, 2.24) is 14.7 Å². The number of aliphatic hydroxyl groups excluding tert-OH is 1. The number of nitrogens with zero attached hydrogens (tertiary/aromatic N) is 3. The molecular weight excluding hydrogens is 282 g/mol. The van der Waals surface area contributed by atoms with Crippen LogP contribution >= 0.6 is 0 Å². The molecule has 6 heteroatoms. The van der Waals surface area contributed by atoms with Crippen LogP contribution in [0.5, 0.6) is 0 Å². The lowest BCUT2D eigenvalue weighted by molar-refractivity contribution is -0.128. The number of para-hydroxylation sites is 1. The Labute approximate surface area is 128 Å². The van der Waals surface area contributed by atoms with Crippen molar-refractivity contribution in [3.63, 3.8) is 0 Å².